The zero-order valence-corrected chi connectivity index (χ0v) is 29.8. The number of quaternary nitrogens is 6. The Morgan fingerprint density at radius 2 is 0.568 bits per heavy atom. The lowest BCUT2D eigenvalue weighted by Crippen LogP contribution is -3.02. The third-order valence-corrected chi connectivity index (χ3v) is 7.36. The van der Waals surface area contributed by atoms with Gasteiger partial charge in [0.1, 0.15) is 78.5 Å². The predicted octanol–water partition coefficient (Wildman–Crippen LogP) is -20.9. The summed E-state index contributed by atoms with van der Waals surface area (Å²) < 4.78 is 0. The van der Waals surface area contributed by atoms with E-state index >= 15 is 0 Å². The minimum atomic E-state index is 0. The van der Waals surface area contributed by atoms with E-state index in [1.165, 1.54) is 98.1 Å². The summed E-state index contributed by atoms with van der Waals surface area (Å²) in [7, 11) is 0. The number of halogens is 6. The maximum Gasteiger partial charge on any atom is 0.125 e. The Kier molecular flexibility index (Phi) is 31.5. The summed E-state index contributed by atoms with van der Waals surface area (Å²) in [6.07, 6.45) is 0. The average Bonchev–Trinajstić information content (AvgIpc) is 2.96. The number of rotatable bonds is 19. The molecule has 0 radical (unpaired) electrons. The van der Waals surface area contributed by atoms with Crippen molar-refractivity contribution in [3.63, 3.8) is 0 Å². The zero-order valence-electron chi connectivity index (χ0n) is 25.3. The van der Waals surface area contributed by atoms with Gasteiger partial charge in [-0.1, -0.05) is 84.9 Å². The second-order valence-corrected chi connectivity index (χ2v) is 10.3. The van der Waals surface area contributed by atoms with Crippen LogP contribution in [0.3, 0.4) is 0 Å². The van der Waals surface area contributed by atoms with Crippen LogP contribution in [-0.2, 0) is 13.1 Å². The van der Waals surface area contributed by atoms with Crippen molar-refractivity contribution in [2.75, 3.05) is 65.4 Å². The van der Waals surface area contributed by atoms with Gasteiger partial charge < -0.3 is 106 Å². The first kappa shape index (κ1) is 47.3. The van der Waals surface area contributed by atoms with Crippen molar-refractivity contribution < 1.29 is 106 Å². The Morgan fingerprint density at radius 1 is 0.295 bits per heavy atom. The first-order valence-corrected chi connectivity index (χ1v) is 14.7. The Balaban J connectivity index is -0.00000280. The van der Waals surface area contributed by atoms with Gasteiger partial charge in [0.25, 0.3) is 0 Å². The molecule has 12 heteroatoms. The lowest BCUT2D eigenvalue weighted by Gasteiger charge is -2.06. The van der Waals surface area contributed by atoms with E-state index in [0.717, 1.165) is 13.1 Å². The molecule has 0 atom stereocenters. The molecule has 4 rings (SSSR count). The van der Waals surface area contributed by atoms with Crippen molar-refractivity contribution in [3.05, 3.63) is 96.1 Å². The fraction of sp³-hybridized carbons (Fsp3) is 0.375. The second kappa shape index (κ2) is 29.3. The highest BCUT2D eigenvalue weighted by Crippen LogP contribution is 2.18. The van der Waals surface area contributed by atoms with Crippen molar-refractivity contribution >= 4 is 21.5 Å². The molecule has 4 aromatic carbocycles. The van der Waals surface area contributed by atoms with Crippen LogP contribution in [0.5, 0.6) is 0 Å². The van der Waals surface area contributed by atoms with Gasteiger partial charge in [0.15, 0.2) is 0 Å². The summed E-state index contributed by atoms with van der Waals surface area (Å²) in [6, 6.07) is 30.7. The Morgan fingerprint density at radius 3 is 0.909 bits per heavy atom. The van der Waals surface area contributed by atoms with Crippen LogP contribution in [-0.4, -0.2) is 65.4 Å². The summed E-state index contributed by atoms with van der Waals surface area (Å²) in [6.45, 7) is 14.2. The van der Waals surface area contributed by atoms with E-state index in [0.29, 0.717) is 0 Å². The minimum absolute atomic E-state index is 0. The summed E-state index contributed by atoms with van der Waals surface area (Å²) in [5.74, 6) is 0. The van der Waals surface area contributed by atoms with E-state index in [9.17, 15) is 0 Å². The molecule has 0 unspecified atom stereocenters. The van der Waals surface area contributed by atoms with Crippen LogP contribution in [0.2, 0.25) is 0 Å². The van der Waals surface area contributed by atoms with Crippen LogP contribution in [0.15, 0.2) is 84.9 Å². The molecule has 0 aliphatic heterocycles. The fourth-order valence-corrected chi connectivity index (χ4v) is 5.21. The summed E-state index contributed by atoms with van der Waals surface area (Å²) in [5.41, 5.74) is 2.89. The van der Waals surface area contributed by atoms with E-state index in [1.807, 2.05) is 0 Å². The second-order valence-electron chi connectivity index (χ2n) is 10.3. The Bertz CT molecular complexity index is 1130. The third kappa shape index (κ3) is 17.0. The number of hydrogen-bond donors (Lipinski definition) is 6. The van der Waals surface area contributed by atoms with Gasteiger partial charge in [0, 0.05) is 11.1 Å². The van der Waals surface area contributed by atoms with Crippen molar-refractivity contribution in [3.8, 4) is 0 Å². The molecule has 0 bridgehead atoms. The Hall–Kier alpha value is -1.10. The van der Waals surface area contributed by atoms with Gasteiger partial charge in [-0.25, -0.2) is 0 Å². The maximum absolute atomic E-state index is 2.47. The molecule has 4 aromatic rings. The molecule has 6 nitrogen and oxygen atoms in total. The SMILES string of the molecule is [Cl-].[Cl-].[Cl-].[Cl-].[Cl-].[Cl-].c1ccc2c(C[NH2+]CC[NH2+]CC[NH2+]CC[NH2+]CC[NH2+]CC[NH2+]Cc3cccc4ccccc34)cccc2c1. The molecule has 0 fully saturated rings. The van der Waals surface area contributed by atoms with Gasteiger partial charge in [0.05, 0.1) is 0 Å². The molecule has 0 spiro atoms. The van der Waals surface area contributed by atoms with Gasteiger partial charge in [0.2, 0.25) is 0 Å². The van der Waals surface area contributed by atoms with E-state index in [1.54, 1.807) is 0 Å². The van der Waals surface area contributed by atoms with Crippen molar-refractivity contribution in [2.24, 2.45) is 0 Å². The molecule has 44 heavy (non-hydrogen) atoms. The summed E-state index contributed by atoms with van der Waals surface area (Å²) in [5, 5.41) is 20.2. The number of nitrogens with two attached hydrogens (primary N) is 6. The van der Waals surface area contributed by atoms with Crippen LogP contribution in [0.1, 0.15) is 11.1 Å². The van der Waals surface area contributed by atoms with Crippen LogP contribution in [0, 0.1) is 0 Å². The first-order chi connectivity index (χ1) is 18.9. The first-order valence-electron chi connectivity index (χ1n) is 14.7. The predicted molar refractivity (Wildman–Crippen MR) is 156 cm³/mol. The summed E-state index contributed by atoms with van der Waals surface area (Å²) in [4.78, 5) is 0. The number of fused-ring (bicyclic) bond motifs is 2. The molecule has 0 aliphatic rings. The van der Waals surface area contributed by atoms with Crippen molar-refractivity contribution in [1.29, 1.82) is 0 Å². The van der Waals surface area contributed by atoms with E-state index in [-0.39, 0.29) is 74.4 Å². The highest BCUT2D eigenvalue weighted by atomic mass is 35.5. The minimum Gasteiger partial charge on any atom is -1.00 e. The van der Waals surface area contributed by atoms with E-state index in [2.05, 4.69) is 117 Å². The van der Waals surface area contributed by atoms with Crippen LogP contribution >= 0.6 is 0 Å². The molecule has 0 saturated heterocycles. The number of benzene rings is 4. The van der Waals surface area contributed by atoms with Gasteiger partial charge in [-0.15, -0.1) is 0 Å². The average molecular weight is 732 g/mol. The van der Waals surface area contributed by atoms with Crippen molar-refractivity contribution in [1.82, 2.24) is 0 Å². The monoisotopic (exact) mass is 728 g/mol. The molecular formula is C32H50Cl6N6. The molecule has 12 N–H and O–H groups in total. The number of hydrogen-bond acceptors (Lipinski definition) is 0. The molecule has 0 aromatic heterocycles. The van der Waals surface area contributed by atoms with Crippen molar-refractivity contribution in [2.45, 2.75) is 13.1 Å². The zero-order chi connectivity index (χ0) is 26.1. The van der Waals surface area contributed by atoms with Gasteiger partial charge >= 0.3 is 0 Å². The van der Waals surface area contributed by atoms with Gasteiger partial charge in [-0.2, -0.15) is 0 Å². The topological polar surface area (TPSA) is 99.7 Å². The quantitative estimate of drug-likeness (QED) is 0.0518. The highest BCUT2D eigenvalue weighted by molar-refractivity contribution is 5.86. The third-order valence-electron chi connectivity index (χ3n) is 7.36. The van der Waals surface area contributed by atoms with Crippen LogP contribution in [0.4, 0.5) is 0 Å². The molecular weight excluding hydrogens is 681 g/mol. The highest BCUT2D eigenvalue weighted by Gasteiger charge is 2.04. The van der Waals surface area contributed by atoms with E-state index < -0.39 is 0 Å². The smallest absolute Gasteiger partial charge is 0.125 e. The largest absolute Gasteiger partial charge is 1.00 e. The maximum atomic E-state index is 2.47. The van der Waals surface area contributed by atoms with Gasteiger partial charge in [-0.3, -0.25) is 0 Å². The molecule has 0 aliphatic carbocycles. The standard InChI is InChI=1S/C32H44N6.6ClH/c1-3-13-31-27(7-1)9-5-11-29(31)25-37-23-21-35-19-17-33-15-16-34-18-20-36-22-24-38-26-30-12-6-10-28-8-2-4-14-32(28)30;;;;;;/h1-14,33-38H,15-26H2;6*1H. The molecule has 250 valence electrons. The normalized spacial score (nSPS) is 9.91. The summed E-state index contributed by atoms with van der Waals surface area (Å²) >= 11 is 0. The lowest BCUT2D eigenvalue weighted by atomic mass is 10.0. The van der Waals surface area contributed by atoms with Crippen LogP contribution < -0.4 is 106 Å². The van der Waals surface area contributed by atoms with Crippen LogP contribution in [0.25, 0.3) is 21.5 Å². The fourth-order valence-electron chi connectivity index (χ4n) is 5.21. The lowest BCUT2D eigenvalue weighted by molar-refractivity contribution is -0.776. The Labute approximate surface area is 300 Å². The molecule has 0 saturated carbocycles. The van der Waals surface area contributed by atoms with E-state index in [4.69, 9.17) is 0 Å². The molecule has 0 heterocycles. The van der Waals surface area contributed by atoms with Gasteiger partial charge in [-0.05, 0) is 21.5 Å². The molecule has 0 amide bonds.